The first kappa shape index (κ1) is 14.7. The van der Waals surface area contributed by atoms with Crippen LogP contribution in [0.1, 0.15) is 15.9 Å². The minimum Gasteiger partial charge on any atom is -0.488 e. The number of carboxylic acid groups (broad SMARTS) is 1. The zero-order chi connectivity index (χ0) is 14.7. The molecule has 0 aliphatic carbocycles. The molecule has 3 N–H and O–H groups in total. The van der Waals surface area contributed by atoms with Crippen molar-refractivity contribution in [3.63, 3.8) is 0 Å². The number of carbonyl (C=O) groups is 1. The summed E-state index contributed by atoms with van der Waals surface area (Å²) in [4.78, 5) is 11.2. The van der Waals surface area contributed by atoms with Crippen LogP contribution in [0.15, 0.2) is 40.9 Å². The van der Waals surface area contributed by atoms with Gasteiger partial charge in [0.1, 0.15) is 17.9 Å². The van der Waals surface area contributed by atoms with Crippen LogP contribution in [0.2, 0.25) is 5.02 Å². The summed E-state index contributed by atoms with van der Waals surface area (Å²) in [5, 5.41) is 9.68. The van der Waals surface area contributed by atoms with Crippen LogP contribution in [0.25, 0.3) is 0 Å². The van der Waals surface area contributed by atoms with Gasteiger partial charge in [-0.2, -0.15) is 0 Å². The van der Waals surface area contributed by atoms with Gasteiger partial charge in [0, 0.05) is 20.7 Å². The van der Waals surface area contributed by atoms with Crippen molar-refractivity contribution in [2.75, 3.05) is 5.73 Å². The number of nitrogen functional groups attached to an aromatic ring is 1. The molecule has 0 heterocycles. The zero-order valence-electron chi connectivity index (χ0n) is 10.3. The van der Waals surface area contributed by atoms with Gasteiger partial charge >= 0.3 is 5.97 Å². The third-order valence-corrected chi connectivity index (χ3v) is 3.52. The number of ether oxygens (including phenoxy) is 1. The first-order valence-electron chi connectivity index (χ1n) is 5.67. The van der Waals surface area contributed by atoms with Gasteiger partial charge in [0.15, 0.2) is 0 Å². The Morgan fingerprint density at radius 2 is 2.10 bits per heavy atom. The van der Waals surface area contributed by atoms with Crippen molar-refractivity contribution in [3.8, 4) is 5.75 Å². The number of carboxylic acids is 1. The zero-order valence-corrected chi connectivity index (χ0v) is 12.6. The van der Waals surface area contributed by atoms with Crippen LogP contribution in [0.5, 0.6) is 5.75 Å². The van der Waals surface area contributed by atoms with Crippen LogP contribution in [0, 0.1) is 0 Å². The van der Waals surface area contributed by atoms with E-state index in [2.05, 4.69) is 15.9 Å². The molecule has 0 bridgehead atoms. The lowest BCUT2D eigenvalue weighted by molar-refractivity contribution is 0.0693. The molecule has 0 saturated heterocycles. The van der Waals surface area contributed by atoms with Crippen LogP contribution < -0.4 is 10.5 Å². The first-order chi connectivity index (χ1) is 9.49. The summed E-state index contributed by atoms with van der Waals surface area (Å²) >= 11 is 9.39. The number of hydrogen-bond acceptors (Lipinski definition) is 3. The van der Waals surface area contributed by atoms with Crippen LogP contribution >= 0.6 is 27.5 Å². The molecule has 2 aromatic carbocycles. The maximum atomic E-state index is 11.2. The molecule has 20 heavy (non-hydrogen) atoms. The molecule has 0 radical (unpaired) electrons. The normalized spacial score (nSPS) is 10.3. The summed E-state index contributed by atoms with van der Waals surface area (Å²) in [6.45, 7) is 0.163. The Morgan fingerprint density at radius 3 is 2.75 bits per heavy atom. The number of aromatic carboxylic acids is 1. The number of benzene rings is 2. The smallest absolute Gasteiger partial charge is 0.341 e. The second-order valence-corrected chi connectivity index (χ2v) is 5.37. The van der Waals surface area contributed by atoms with E-state index in [-0.39, 0.29) is 23.6 Å². The van der Waals surface area contributed by atoms with Gasteiger partial charge < -0.3 is 15.6 Å². The third kappa shape index (κ3) is 3.23. The van der Waals surface area contributed by atoms with E-state index in [1.54, 1.807) is 24.3 Å². The average Bonchev–Trinajstić information content (AvgIpc) is 2.37. The van der Waals surface area contributed by atoms with Gasteiger partial charge in [-0.1, -0.05) is 39.7 Å². The predicted molar refractivity (Wildman–Crippen MR) is 81.3 cm³/mol. The second kappa shape index (κ2) is 6.15. The molecule has 0 amide bonds. The molecular formula is C14H11BrClNO3. The Hall–Kier alpha value is -1.72. The lowest BCUT2D eigenvalue weighted by Crippen LogP contribution is -2.07. The molecule has 104 valence electrons. The summed E-state index contributed by atoms with van der Waals surface area (Å²) in [7, 11) is 0. The number of nitrogens with two attached hydrogens (primary N) is 1. The van der Waals surface area contributed by atoms with Crippen molar-refractivity contribution in [1.29, 1.82) is 0 Å². The Morgan fingerprint density at radius 1 is 1.35 bits per heavy atom. The Kier molecular flexibility index (Phi) is 4.52. The fraction of sp³-hybridized carbons (Fsp3) is 0.0714. The number of anilines is 1. The predicted octanol–water partition coefficient (Wildman–Crippen LogP) is 3.96. The van der Waals surface area contributed by atoms with E-state index in [4.69, 9.17) is 27.2 Å². The van der Waals surface area contributed by atoms with Gasteiger partial charge in [-0.3, -0.25) is 0 Å². The van der Waals surface area contributed by atoms with Crippen molar-refractivity contribution in [3.05, 3.63) is 57.0 Å². The fourth-order valence-corrected chi connectivity index (χ4v) is 2.42. The van der Waals surface area contributed by atoms with Crippen LogP contribution in [0.4, 0.5) is 5.69 Å². The summed E-state index contributed by atoms with van der Waals surface area (Å²) in [6, 6.07) is 10.1. The second-order valence-electron chi connectivity index (χ2n) is 4.05. The third-order valence-electron chi connectivity index (χ3n) is 2.67. The van der Waals surface area contributed by atoms with Crippen molar-refractivity contribution >= 4 is 39.2 Å². The van der Waals surface area contributed by atoms with E-state index in [1.807, 2.05) is 6.07 Å². The standard InChI is InChI=1S/C14H11BrClNO3/c15-9-5-4-8(10(16)6-9)7-20-12-3-1-2-11(17)13(12)14(18)19/h1-6H,7,17H2,(H,18,19). The number of halogens is 2. The molecule has 2 aromatic rings. The highest BCUT2D eigenvalue weighted by atomic mass is 79.9. The van der Waals surface area contributed by atoms with Gasteiger partial charge in [-0.15, -0.1) is 0 Å². The van der Waals surface area contributed by atoms with Gasteiger partial charge in [0.05, 0.1) is 0 Å². The molecule has 0 atom stereocenters. The van der Waals surface area contributed by atoms with Gasteiger partial charge in [0.25, 0.3) is 0 Å². The van der Waals surface area contributed by atoms with Crippen molar-refractivity contribution in [1.82, 2.24) is 0 Å². The maximum absolute atomic E-state index is 11.2. The molecule has 0 unspecified atom stereocenters. The minimum atomic E-state index is -1.12. The largest absolute Gasteiger partial charge is 0.488 e. The molecule has 0 aliphatic heterocycles. The minimum absolute atomic E-state index is 0.0410. The monoisotopic (exact) mass is 355 g/mol. The summed E-state index contributed by atoms with van der Waals surface area (Å²) in [6.07, 6.45) is 0. The van der Waals surface area contributed by atoms with Crippen LogP contribution in [0.3, 0.4) is 0 Å². The van der Waals surface area contributed by atoms with Crippen molar-refractivity contribution < 1.29 is 14.6 Å². The molecule has 4 nitrogen and oxygen atoms in total. The van der Waals surface area contributed by atoms with Crippen LogP contribution in [-0.4, -0.2) is 11.1 Å². The lowest BCUT2D eigenvalue weighted by Gasteiger charge is -2.11. The Balaban J connectivity index is 2.23. The van der Waals surface area contributed by atoms with Gasteiger partial charge in [-0.05, 0) is 24.3 Å². The summed E-state index contributed by atoms with van der Waals surface area (Å²) in [5.74, 6) is -0.906. The molecule has 0 aliphatic rings. The van der Waals surface area contributed by atoms with E-state index in [0.29, 0.717) is 5.02 Å². The highest BCUT2D eigenvalue weighted by Crippen LogP contribution is 2.27. The SMILES string of the molecule is Nc1cccc(OCc2ccc(Br)cc2Cl)c1C(=O)O. The van der Waals surface area contributed by atoms with Crippen molar-refractivity contribution in [2.45, 2.75) is 6.61 Å². The quantitative estimate of drug-likeness (QED) is 0.813. The first-order valence-corrected chi connectivity index (χ1v) is 6.84. The van der Waals surface area contributed by atoms with E-state index >= 15 is 0 Å². The Bertz CT molecular complexity index is 661. The Labute approximate surface area is 129 Å². The molecule has 0 aromatic heterocycles. The molecule has 0 saturated carbocycles. The van der Waals surface area contributed by atoms with E-state index in [0.717, 1.165) is 10.0 Å². The van der Waals surface area contributed by atoms with Gasteiger partial charge in [0.2, 0.25) is 0 Å². The average molecular weight is 357 g/mol. The molecule has 6 heteroatoms. The molecule has 0 fully saturated rings. The van der Waals surface area contributed by atoms with E-state index in [1.165, 1.54) is 6.07 Å². The molecule has 2 rings (SSSR count). The lowest BCUT2D eigenvalue weighted by atomic mass is 10.1. The number of rotatable bonds is 4. The summed E-state index contributed by atoms with van der Waals surface area (Å²) < 4.78 is 6.39. The molecule has 0 spiro atoms. The van der Waals surface area contributed by atoms with E-state index in [9.17, 15) is 4.79 Å². The fourth-order valence-electron chi connectivity index (χ4n) is 1.69. The highest BCUT2D eigenvalue weighted by molar-refractivity contribution is 9.10. The van der Waals surface area contributed by atoms with Crippen LogP contribution in [-0.2, 0) is 6.61 Å². The number of hydrogen-bond donors (Lipinski definition) is 2. The maximum Gasteiger partial charge on any atom is 0.341 e. The van der Waals surface area contributed by atoms with Gasteiger partial charge in [-0.25, -0.2) is 4.79 Å². The highest BCUT2D eigenvalue weighted by Gasteiger charge is 2.15. The van der Waals surface area contributed by atoms with Crippen molar-refractivity contribution in [2.24, 2.45) is 0 Å². The topological polar surface area (TPSA) is 72.5 Å². The molecular weight excluding hydrogens is 346 g/mol. The van der Waals surface area contributed by atoms with E-state index < -0.39 is 5.97 Å². The summed E-state index contributed by atoms with van der Waals surface area (Å²) in [5.41, 5.74) is 6.53.